The molecule has 0 saturated carbocycles. The van der Waals surface area contributed by atoms with Gasteiger partial charge in [-0.2, -0.15) is 26.3 Å². The Kier molecular flexibility index (Phi) is 5.63. The van der Waals surface area contributed by atoms with E-state index in [0.717, 1.165) is 41.2 Å². The van der Waals surface area contributed by atoms with Crippen LogP contribution in [0.3, 0.4) is 0 Å². The van der Waals surface area contributed by atoms with E-state index >= 15 is 0 Å². The van der Waals surface area contributed by atoms with Crippen LogP contribution in [-0.2, 0) is 12.4 Å². The lowest BCUT2D eigenvalue weighted by Gasteiger charge is -2.11. The van der Waals surface area contributed by atoms with Gasteiger partial charge in [0.1, 0.15) is 5.75 Å². The Labute approximate surface area is 187 Å². The molecule has 0 bridgehead atoms. The van der Waals surface area contributed by atoms with E-state index in [2.05, 4.69) is 20.3 Å². The first kappa shape index (κ1) is 23.0. The summed E-state index contributed by atoms with van der Waals surface area (Å²) in [6.07, 6.45) is -7.33. The van der Waals surface area contributed by atoms with Gasteiger partial charge in [0.25, 0.3) is 5.91 Å². The fraction of sp³-hybridized carbons (Fsp3) is 0.143. The summed E-state index contributed by atoms with van der Waals surface area (Å²) >= 11 is 0. The molecule has 2 aromatic heterocycles. The molecule has 0 spiro atoms. The number of alkyl halides is 6. The smallest absolute Gasteiger partial charge is 0.450 e. The zero-order valence-electron chi connectivity index (χ0n) is 17.1. The van der Waals surface area contributed by atoms with Gasteiger partial charge in [0, 0.05) is 11.6 Å². The molecular weight excluding hydrogens is 468 g/mol. The van der Waals surface area contributed by atoms with Crippen LogP contribution in [0, 0.1) is 0 Å². The molecule has 0 fully saturated rings. The monoisotopic (exact) mass is 481 g/mol. The van der Waals surface area contributed by atoms with Crippen LogP contribution in [0.15, 0.2) is 54.9 Å². The van der Waals surface area contributed by atoms with Crippen LogP contribution in [-0.4, -0.2) is 32.5 Å². The topological polar surface area (TPSA) is 81.9 Å². The molecule has 1 N–H and O–H groups in total. The number of amides is 1. The van der Waals surface area contributed by atoms with Gasteiger partial charge >= 0.3 is 12.4 Å². The average Bonchev–Trinajstić information content (AvgIpc) is 3.18. The third-order valence-electron chi connectivity index (χ3n) is 4.70. The Hall–Kier alpha value is -4.16. The van der Waals surface area contributed by atoms with Gasteiger partial charge in [0.2, 0.25) is 5.82 Å². The van der Waals surface area contributed by atoms with Crippen molar-refractivity contribution in [2.45, 2.75) is 12.4 Å². The number of halogens is 6. The zero-order chi connectivity index (χ0) is 24.7. The van der Waals surface area contributed by atoms with Gasteiger partial charge in [-0.1, -0.05) is 0 Å². The Morgan fingerprint density at radius 1 is 0.941 bits per heavy atom. The number of nitrogens with one attached hydrogen (secondary N) is 1. The third kappa shape index (κ3) is 4.49. The SMILES string of the molecule is COc1ccc2c(c1)nc(C(F)(F)F)n2-c1cnc(NC(=O)c2ccc(C(F)(F)F)cc2)cn1. The van der Waals surface area contributed by atoms with E-state index < -0.39 is 29.6 Å². The van der Waals surface area contributed by atoms with Crippen LogP contribution in [0.1, 0.15) is 21.7 Å². The molecule has 0 aliphatic carbocycles. The normalized spacial score (nSPS) is 12.1. The highest BCUT2D eigenvalue weighted by molar-refractivity contribution is 6.03. The summed E-state index contributed by atoms with van der Waals surface area (Å²) in [6, 6.07) is 7.67. The van der Waals surface area contributed by atoms with E-state index in [1.54, 1.807) is 0 Å². The highest BCUT2D eigenvalue weighted by Gasteiger charge is 2.38. The molecule has 0 aliphatic heterocycles. The minimum Gasteiger partial charge on any atom is -0.497 e. The Morgan fingerprint density at radius 3 is 2.21 bits per heavy atom. The number of hydrogen-bond donors (Lipinski definition) is 1. The van der Waals surface area contributed by atoms with E-state index in [9.17, 15) is 31.1 Å². The minimum absolute atomic E-state index is 0.0214. The lowest BCUT2D eigenvalue weighted by molar-refractivity contribution is -0.145. The third-order valence-corrected chi connectivity index (χ3v) is 4.70. The number of nitrogens with zero attached hydrogens (tertiary/aromatic N) is 4. The fourth-order valence-corrected chi connectivity index (χ4v) is 3.11. The maximum atomic E-state index is 13.6. The lowest BCUT2D eigenvalue weighted by atomic mass is 10.1. The average molecular weight is 481 g/mol. The number of ether oxygens (including phenoxy) is 1. The molecule has 0 unspecified atom stereocenters. The number of benzene rings is 2. The number of hydrogen-bond acceptors (Lipinski definition) is 5. The summed E-state index contributed by atoms with van der Waals surface area (Å²) in [6.45, 7) is 0. The van der Waals surface area contributed by atoms with Crippen LogP contribution in [0.5, 0.6) is 5.75 Å². The van der Waals surface area contributed by atoms with Crippen molar-refractivity contribution in [3.05, 3.63) is 71.8 Å². The standard InChI is InChI=1S/C21H13F6N5O2/c1-34-13-6-7-15-14(8-13)30-19(21(25,26)27)32(15)17-10-28-16(9-29-17)31-18(33)11-2-4-12(5-3-11)20(22,23)24/h2-10H,1H3,(H,28,31,33). The van der Waals surface area contributed by atoms with Gasteiger partial charge < -0.3 is 10.1 Å². The largest absolute Gasteiger partial charge is 0.497 e. The van der Waals surface area contributed by atoms with E-state index in [1.807, 2.05) is 0 Å². The van der Waals surface area contributed by atoms with Crippen molar-refractivity contribution in [1.29, 1.82) is 0 Å². The zero-order valence-corrected chi connectivity index (χ0v) is 17.1. The predicted molar refractivity (Wildman–Crippen MR) is 108 cm³/mol. The van der Waals surface area contributed by atoms with Crippen molar-refractivity contribution in [3.8, 4) is 11.6 Å². The molecule has 13 heteroatoms. The molecule has 0 radical (unpaired) electrons. The number of imidazole rings is 1. The Balaban J connectivity index is 1.62. The molecule has 2 heterocycles. The second kappa shape index (κ2) is 8.32. The summed E-state index contributed by atoms with van der Waals surface area (Å²) in [5.41, 5.74) is -0.872. The molecule has 4 aromatic rings. The van der Waals surface area contributed by atoms with Gasteiger partial charge in [0.05, 0.1) is 36.1 Å². The van der Waals surface area contributed by atoms with Crippen LogP contribution in [0.4, 0.5) is 32.2 Å². The van der Waals surface area contributed by atoms with E-state index in [-0.39, 0.29) is 28.2 Å². The van der Waals surface area contributed by atoms with Gasteiger partial charge in [-0.25, -0.2) is 15.0 Å². The van der Waals surface area contributed by atoms with Crippen molar-refractivity contribution in [2.24, 2.45) is 0 Å². The van der Waals surface area contributed by atoms with Crippen LogP contribution in [0.2, 0.25) is 0 Å². The van der Waals surface area contributed by atoms with Gasteiger partial charge in [-0.15, -0.1) is 0 Å². The maximum Gasteiger partial charge on any atom is 0.450 e. The molecule has 7 nitrogen and oxygen atoms in total. The Morgan fingerprint density at radius 2 is 1.65 bits per heavy atom. The van der Waals surface area contributed by atoms with Crippen molar-refractivity contribution in [2.75, 3.05) is 12.4 Å². The highest BCUT2D eigenvalue weighted by atomic mass is 19.4. The number of aromatic nitrogens is 4. The van der Waals surface area contributed by atoms with E-state index in [1.165, 1.54) is 25.3 Å². The molecule has 34 heavy (non-hydrogen) atoms. The number of anilines is 1. The number of carbonyl (C=O) groups excluding carboxylic acids is 1. The fourth-order valence-electron chi connectivity index (χ4n) is 3.11. The first-order chi connectivity index (χ1) is 16.0. The second-order valence-corrected chi connectivity index (χ2v) is 6.91. The quantitative estimate of drug-likeness (QED) is 0.410. The number of methoxy groups -OCH3 is 1. The molecule has 176 valence electrons. The second-order valence-electron chi connectivity index (χ2n) is 6.91. The highest BCUT2D eigenvalue weighted by Crippen LogP contribution is 2.34. The Bertz CT molecular complexity index is 1350. The number of rotatable bonds is 4. The van der Waals surface area contributed by atoms with Crippen molar-refractivity contribution in [3.63, 3.8) is 0 Å². The number of fused-ring (bicyclic) bond motifs is 1. The minimum atomic E-state index is -4.80. The summed E-state index contributed by atoms with van der Waals surface area (Å²) in [5.74, 6) is -2.02. The molecule has 1 amide bonds. The number of carbonyl (C=O) groups is 1. The molecule has 0 atom stereocenters. The van der Waals surface area contributed by atoms with Crippen molar-refractivity contribution >= 4 is 22.8 Å². The van der Waals surface area contributed by atoms with Gasteiger partial charge in [-0.3, -0.25) is 9.36 Å². The van der Waals surface area contributed by atoms with E-state index in [4.69, 9.17) is 4.74 Å². The molecule has 2 aromatic carbocycles. The summed E-state index contributed by atoms with van der Waals surface area (Å²) in [4.78, 5) is 23.8. The van der Waals surface area contributed by atoms with E-state index in [0.29, 0.717) is 5.75 Å². The summed E-state index contributed by atoms with van der Waals surface area (Å²) < 4.78 is 84.6. The van der Waals surface area contributed by atoms with Gasteiger partial charge in [-0.05, 0) is 36.4 Å². The summed E-state index contributed by atoms with van der Waals surface area (Å²) in [5, 5.41) is 2.33. The molecular formula is C21H13F6N5O2. The van der Waals surface area contributed by atoms with Crippen molar-refractivity contribution in [1.82, 2.24) is 19.5 Å². The maximum absolute atomic E-state index is 13.6. The molecule has 0 aliphatic rings. The van der Waals surface area contributed by atoms with Crippen LogP contribution >= 0.6 is 0 Å². The van der Waals surface area contributed by atoms with Gasteiger partial charge in [0.15, 0.2) is 11.6 Å². The molecule has 4 rings (SSSR count). The predicted octanol–water partition coefficient (Wildman–Crippen LogP) is 5.11. The van der Waals surface area contributed by atoms with Crippen LogP contribution in [0.25, 0.3) is 16.9 Å². The summed E-state index contributed by atoms with van der Waals surface area (Å²) in [7, 11) is 1.37. The first-order valence-electron chi connectivity index (χ1n) is 9.42. The molecule has 0 saturated heterocycles. The first-order valence-corrected chi connectivity index (χ1v) is 9.42. The lowest BCUT2D eigenvalue weighted by Crippen LogP contribution is -2.16. The van der Waals surface area contributed by atoms with Crippen molar-refractivity contribution < 1.29 is 35.9 Å². The van der Waals surface area contributed by atoms with Crippen LogP contribution < -0.4 is 10.1 Å².